The van der Waals surface area contributed by atoms with Crippen molar-refractivity contribution in [2.45, 2.75) is 12.6 Å². The van der Waals surface area contributed by atoms with Crippen LogP contribution in [-0.4, -0.2) is 43.1 Å². The monoisotopic (exact) mass is 420 g/mol. The van der Waals surface area contributed by atoms with Gasteiger partial charge in [0.25, 0.3) is 5.91 Å². The maximum absolute atomic E-state index is 13.2. The number of amides is 1. The lowest BCUT2D eigenvalue weighted by atomic mass is 10.1. The highest BCUT2D eigenvalue weighted by molar-refractivity contribution is 5.97. The Balaban J connectivity index is 1.54. The number of carbonyl (C=O) groups excluding carboxylic acids is 2. The quantitative estimate of drug-likeness (QED) is 0.588. The summed E-state index contributed by atoms with van der Waals surface area (Å²) in [6, 6.07) is 19.8. The second-order valence-electron chi connectivity index (χ2n) is 7.11. The number of anilines is 1. The number of furan rings is 1. The van der Waals surface area contributed by atoms with Gasteiger partial charge >= 0.3 is 5.97 Å². The van der Waals surface area contributed by atoms with Crippen molar-refractivity contribution in [1.82, 2.24) is 4.90 Å². The van der Waals surface area contributed by atoms with Crippen molar-refractivity contribution in [3.05, 3.63) is 89.9 Å². The lowest BCUT2D eigenvalue weighted by Crippen LogP contribution is -2.44. The number of ether oxygens (including phenoxy) is 2. The Morgan fingerprint density at radius 3 is 2.45 bits per heavy atom. The molecule has 0 unspecified atom stereocenters. The van der Waals surface area contributed by atoms with Crippen molar-refractivity contribution in [2.24, 2.45) is 0 Å². The topological polar surface area (TPSA) is 81.0 Å². The first-order chi connectivity index (χ1) is 15.2. The molecule has 1 saturated heterocycles. The van der Waals surface area contributed by atoms with Gasteiger partial charge in [-0.25, -0.2) is 4.79 Å². The first-order valence-corrected chi connectivity index (χ1v) is 10.2. The van der Waals surface area contributed by atoms with Crippen LogP contribution in [0.15, 0.2) is 77.4 Å². The zero-order valence-corrected chi connectivity index (χ0v) is 17.0. The van der Waals surface area contributed by atoms with E-state index in [1.165, 1.54) is 0 Å². The predicted molar refractivity (Wildman–Crippen MR) is 114 cm³/mol. The summed E-state index contributed by atoms with van der Waals surface area (Å²) in [4.78, 5) is 28.0. The summed E-state index contributed by atoms with van der Waals surface area (Å²) in [6.45, 7) is 2.32. The fourth-order valence-corrected chi connectivity index (χ4v) is 3.42. The normalized spacial score (nSPS) is 14.6. The maximum Gasteiger partial charge on any atom is 0.341 e. The first-order valence-electron chi connectivity index (χ1n) is 10.2. The number of rotatable bonds is 7. The van der Waals surface area contributed by atoms with Crippen molar-refractivity contribution in [3.8, 4) is 0 Å². The number of carbonyl (C=O) groups is 2. The maximum atomic E-state index is 13.2. The van der Waals surface area contributed by atoms with E-state index in [1.54, 1.807) is 47.6 Å². The van der Waals surface area contributed by atoms with Crippen molar-refractivity contribution < 1.29 is 23.5 Å². The summed E-state index contributed by atoms with van der Waals surface area (Å²) < 4.78 is 16.5. The first kappa shape index (κ1) is 20.7. The fraction of sp³-hybridized carbons (Fsp3) is 0.250. The van der Waals surface area contributed by atoms with Crippen molar-refractivity contribution in [3.63, 3.8) is 0 Å². The van der Waals surface area contributed by atoms with Gasteiger partial charge in [-0.05, 0) is 24.3 Å². The van der Waals surface area contributed by atoms with Gasteiger partial charge in [0.1, 0.15) is 5.76 Å². The Morgan fingerprint density at radius 2 is 1.71 bits per heavy atom. The number of nitrogens with one attached hydrogen (secondary N) is 1. The molecule has 4 rings (SSSR count). The fourth-order valence-electron chi connectivity index (χ4n) is 3.42. The molecule has 0 bridgehead atoms. The van der Waals surface area contributed by atoms with Gasteiger partial charge in [0, 0.05) is 24.3 Å². The van der Waals surface area contributed by atoms with Gasteiger partial charge < -0.3 is 24.1 Å². The van der Waals surface area contributed by atoms with E-state index in [0.29, 0.717) is 49.7 Å². The van der Waals surface area contributed by atoms with Crippen LogP contribution in [0.25, 0.3) is 0 Å². The van der Waals surface area contributed by atoms with Crippen molar-refractivity contribution in [1.29, 1.82) is 0 Å². The van der Waals surface area contributed by atoms with E-state index in [9.17, 15) is 9.59 Å². The van der Waals surface area contributed by atoms with Gasteiger partial charge in [-0.2, -0.15) is 0 Å². The van der Waals surface area contributed by atoms with Gasteiger partial charge in [-0.3, -0.25) is 4.79 Å². The second-order valence-corrected chi connectivity index (χ2v) is 7.11. The van der Waals surface area contributed by atoms with Gasteiger partial charge in [-0.1, -0.05) is 42.5 Å². The summed E-state index contributed by atoms with van der Waals surface area (Å²) in [5.74, 6) is -0.0743. The van der Waals surface area contributed by atoms with E-state index in [2.05, 4.69) is 5.32 Å². The summed E-state index contributed by atoms with van der Waals surface area (Å²) in [7, 11) is 0. The largest absolute Gasteiger partial charge is 0.467 e. The summed E-state index contributed by atoms with van der Waals surface area (Å²) in [6.07, 6.45) is 0.573. The number of hydrogen-bond acceptors (Lipinski definition) is 6. The zero-order valence-electron chi connectivity index (χ0n) is 17.0. The SMILES string of the molecule is O=C(O[C@@H](C(=O)N1CCOCC1)c1ccccc1)c1ccccc1NCc1ccco1. The molecule has 7 nitrogen and oxygen atoms in total. The van der Waals surface area contributed by atoms with E-state index in [-0.39, 0.29) is 5.91 Å². The number of benzene rings is 2. The highest BCUT2D eigenvalue weighted by atomic mass is 16.5. The molecule has 1 amide bonds. The minimum Gasteiger partial charge on any atom is -0.467 e. The van der Waals surface area contributed by atoms with E-state index in [1.807, 2.05) is 30.3 Å². The molecule has 0 radical (unpaired) electrons. The Bertz CT molecular complexity index is 998. The molecule has 0 aliphatic carbocycles. The van der Waals surface area contributed by atoms with E-state index in [4.69, 9.17) is 13.9 Å². The highest BCUT2D eigenvalue weighted by Gasteiger charge is 2.31. The molecule has 1 atom stereocenters. The van der Waals surface area contributed by atoms with Gasteiger partial charge in [0.2, 0.25) is 6.10 Å². The molecular formula is C24H24N2O5. The predicted octanol–water partition coefficient (Wildman–Crippen LogP) is 3.65. The molecule has 7 heteroatoms. The minimum atomic E-state index is -1.02. The molecule has 2 aromatic carbocycles. The molecule has 3 aromatic rings. The van der Waals surface area contributed by atoms with Crippen LogP contribution in [0.1, 0.15) is 27.8 Å². The van der Waals surface area contributed by atoms with Crippen LogP contribution in [-0.2, 0) is 20.8 Å². The molecule has 31 heavy (non-hydrogen) atoms. The smallest absolute Gasteiger partial charge is 0.341 e. The lowest BCUT2D eigenvalue weighted by Gasteiger charge is -2.30. The van der Waals surface area contributed by atoms with Crippen LogP contribution < -0.4 is 5.32 Å². The van der Waals surface area contributed by atoms with Crippen molar-refractivity contribution >= 4 is 17.6 Å². The van der Waals surface area contributed by atoms with Crippen LogP contribution in [0.3, 0.4) is 0 Å². The van der Waals surface area contributed by atoms with Crippen LogP contribution in [0.5, 0.6) is 0 Å². The molecule has 1 aliphatic rings. The summed E-state index contributed by atoms with van der Waals surface area (Å²) in [5.41, 5.74) is 1.59. The van der Waals surface area contributed by atoms with E-state index >= 15 is 0 Å². The molecule has 1 aliphatic heterocycles. The Kier molecular flexibility index (Phi) is 6.64. The van der Waals surface area contributed by atoms with Gasteiger partial charge in [0.15, 0.2) is 0 Å². The van der Waals surface area contributed by atoms with Crippen LogP contribution in [0.4, 0.5) is 5.69 Å². The number of nitrogens with zero attached hydrogens (tertiary/aromatic N) is 1. The molecule has 0 spiro atoms. The van der Waals surface area contributed by atoms with Gasteiger partial charge in [-0.15, -0.1) is 0 Å². The molecule has 1 aromatic heterocycles. The third kappa shape index (κ3) is 5.13. The third-order valence-corrected chi connectivity index (χ3v) is 5.05. The third-order valence-electron chi connectivity index (χ3n) is 5.05. The molecular weight excluding hydrogens is 396 g/mol. The van der Waals surface area contributed by atoms with Crippen LogP contribution >= 0.6 is 0 Å². The molecule has 1 fully saturated rings. The second kappa shape index (κ2) is 9.95. The number of morpholine rings is 1. The Labute approximate surface area is 180 Å². The zero-order chi connectivity index (χ0) is 21.5. The van der Waals surface area contributed by atoms with Crippen LogP contribution in [0, 0.1) is 0 Å². The molecule has 2 heterocycles. The van der Waals surface area contributed by atoms with E-state index < -0.39 is 12.1 Å². The van der Waals surface area contributed by atoms with E-state index in [0.717, 1.165) is 5.76 Å². The van der Waals surface area contributed by atoms with Crippen LogP contribution in [0.2, 0.25) is 0 Å². The molecule has 0 saturated carbocycles. The van der Waals surface area contributed by atoms with Crippen molar-refractivity contribution in [2.75, 3.05) is 31.6 Å². The summed E-state index contributed by atoms with van der Waals surface area (Å²) in [5, 5.41) is 3.20. The number of esters is 1. The highest BCUT2D eigenvalue weighted by Crippen LogP contribution is 2.25. The Morgan fingerprint density at radius 1 is 0.968 bits per heavy atom. The standard InChI is InChI=1S/C24H24N2O5/c27-23(26-12-15-29-16-13-26)22(18-7-2-1-3-8-18)31-24(28)20-10-4-5-11-21(20)25-17-19-9-6-14-30-19/h1-11,14,22,25H,12-13,15-17H2/t22-/m1/s1. The lowest BCUT2D eigenvalue weighted by molar-refractivity contribution is -0.145. The molecule has 160 valence electrons. The average molecular weight is 420 g/mol. The summed E-state index contributed by atoms with van der Waals surface area (Å²) >= 11 is 0. The number of hydrogen-bond donors (Lipinski definition) is 1. The average Bonchev–Trinajstić information content (AvgIpc) is 3.36. The number of para-hydroxylation sites is 1. The molecule has 1 N–H and O–H groups in total. The Hall–Kier alpha value is -3.58. The minimum absolute atomic E-state index is 0.246. The van der Waals surface area contributed by atoms with Gasteiger partial charge in [0.05, 0.1) is 31.6 Å².